The van der Waals surface area contributed by atoms with Crippen molar-refractivity contribution in [1.29, 1.82) is 21.0 Å². The molecule has 0 bridgehead atoms. The summed E-state index contributed by atoms with van der Waals surface area (Å²) < 4.78 is 6.29. The highest BCUT2D eigenvalue weighted by molar-refractivity contribution is 7.99. The zero-order chi connectivity index (χ0) is 21.4. The van der Waals surface area contributed by atoms with Gasteiger partial charge in [0.2, 0.25) is 0 Å². The minimum Gasteiger partial charge on any atom is -0.454 e. The van der Waals surface area contributed by atoms with Gasteiger partial charge in [-0.1, -0.05) is 42.1 Å². The molecule has 6 heteroatoms. The third kappa shape index (κ3) is 2.76. The molecule has 0 atom stereocenters. The van der Waals surface area contributed by atoms with Crippen molar-refractivity contribution in [2.24, 2.45) is 0 Å². The highest BCUT2D eigenvalue weighted by atomic mass is 32.2. The van der Waals surface area contributed by atoms with Crippen molar-refractivity contribution < 1.29 is 4.74 Å². The average molecular weight is 404 g/mol. The number of ether oxygens (including phenoxy) is 1. The van der Waals surface area contributed by atoms with Crippen molar-refractivity contribution in [3.63, 3.8) is 0 Å². The van der Waals surface area contributed by atoms with Crippen molar-refractivity contribution in [1.82, 2.24) is 0 Å². The molecule has 1 heterocycles. The van der Waals surface area contributed by atoms with Gasteiger partial charge in [0.1, 0.15) is 41.2 Å². The molecule has 0 spiro atoms. The van der Waals surface area contributed by atoms with Gasteiger partial charge in [-0.05, 0) is 41.8 Å². The molecule has 0 aliphatic carbocycles. The van der Waals surface area contributed by atoms with Crippen molar-refractivity contribution in [3.05, 3.63) is 58.0 Å². The van der Waals surface area contributed by atoms with Crippen LogP contribution in [0.25, 0.3) is 21.9 Å². The number of hydrogen-bond acceptors (Lipinski definition) is 6. The molecule has 4 rings (SSSR count). The van der Waals surface area contributed by atoms with E-state index in [1.165, 1.54) is 11.8 Å². The van der Waals surface area contributed by atoms with E-state index in [1.807, 2.05) is 50.3 Å². The summed E-state index contributed by atoms with van der Waals surface area (Å²) >= 11 is 1.38. The van der Waals surface area contributed by atoms with Gasteiger partial charge in [-0.25, -0.2) is 0 Å². The molecule has 0 fully saturated rings. The van der Waals surface area contributed by atoms with Crippen LogP contribution in [0.15, 0.2) is 46.2 Å². The number of benzene rings is 3. The van der Waals surface area contributed by atoms with Gasteiger partial charge in [0.25, 0.3) is 0 Å². The zero-order valence-electron chi connectivity index (χ0n) is 16.1. The summed E-state index contributed by atoms with van der Waals surface area (Å²) in [7, 11) is 0. The number of nitriles is 4. The maximum Gasteiger partial charge on any atom is 0.152 e. The van der Waals surface area contributed by atoms with Crippen LogP contribution in [-0.2, 0) is 0 Å². The molecule has 0 radical (unpaired) electrons. The molecule has 0 saturated carbocycles. The van der Waals surface area contributed by atoms with E-state index >= 15 is 0 Å². The maximum atomic E-state index is 9.63. The summed E-state index contributed by atoms with van der Waals surface area (Å²) in [5.74, 6) is 0.973. The zero-order valence-corrected chi connectivity index (χ0v) is 16.9. The van der Waals surface area contributed by atoms with Gasteiger partial charge < -0.3 is 4.74 Å². The van der Waals surface area contributed by atoms with Crippen LogP contribution in [0.3, 0.4) is 0 Å². The fourth-order valence-electron chi connectivity index (χ4n) is 3.69. The predicted molar refractivity (Wildman–Crippen MR) is 113 cm³/mol. The Labute approximate surface area is 177 Å². The minimum atomic E-state index is -0.0849. The fraction of sp³-hybridized carbons (Fsp3) is 0.0833. The summed E-state index contributed by atoms with van der Waals surface area (Å²) in [6.45, 7) is 3.91. The van der Waals surface area contributed by atoms with Crippen LogP contribution >= 0.6 is 11.8 Å². The Morgan fingerprint density at radius 1 is 0.800 bits per heavy atom. The van der Waals surface area contributed by atoms with E-state index in [0.717, 1.165) is 16.0 Å². The van der Waals surface area contributed by atoms with E-state index in [-0.39, 0.29) is 11.1 Å². The maximum absolute atomic E-state index is 9.63. The summed E-state index contributed by atoms with van der Waals surface area (Å²) in [6.07, 6.45) is 0. The molecule has 0 amide bonds. The first kappa shape index (κ1) is 19.1. The highest BCUT2D eigenvalue weighted by Gasteiger charge is 2.26. The van der Waals surface area contributed by atoms with Gasteiger partial charge in [0, 0.05) is 5.22 Å². The second-order valence-electron chi connectivity index (χ2n) is 6.76. The Bertz CT molecular complexity index is 1530. The van der Waals surface area contributed by atoms with Crippen LogP contribution < -0.4 is 15.2 Å². The standard InChI is InChI=1S/C24H12N4OS/c1-13-7-14(2)22-19(8-13)30-24-21(16(11-27)12-28)18-6-4-3-5-17(18)20(23(24)29-22)15(9-25)10-26/h3-8H,1-2H3. The lowest BCUT2D eigenvalue weighted by Crippen LogP contribution is -2.23. The molecule has 0 aromatic heterocycles. The van der Waals surface area contributed by atoms with E-state index in [0.29, 0.717) is 37.6 Å². The minimum absolute atomic E-state index is 0.0478. The molecule has 5 nitrogen and oxygen atoms in total. The van der Waals surface area contributed by atoms with Crippen molar-refractivity contribution >= 4 is 33.7 Å². The molecule has 30 heavy (non-hydrogen) atoms. The molecule has 1 aliphatic heterocycles. The molecular weight excluding hydrogens is 392 g/mol. The Balaban J connectivity index is 2.34. The predicted octanol–water partition coefficient (Wildman–Crippen LogP) is 4.11. The fourth-order valence-corrected chi connectivity index (χ4v) is 5.00. The van der Waals surface area contributed by atoms with Gasteiger partial charge in [0.15, 0.2) is 5.75 Å². The van der Waals surface area contributed by atoms with E-state index in [9.17, 15) is 21.0 Å². The van der Waals surface area contributed by atoms with E-state index in [2.05, 4.69) is 0 Å². The second kappa shape index (κ2) is 7.31. The summed E-state index contributed by atoms with van der Waals surface area (Å²) in [5.41, 5.74) is 1.84. The SMILES string of the molecule is Cc1cc(C)c2c(c1)Sc1c(c(=C(C#N)C#N)c3ccccc3c1=C(C#N)C#N)O2. The number of hydrogen-bond donors (Lipinski definition) is 0. The lowest BCUT2D eigenvalue weighted by molar-refractivity contribution is 0.446. The van der Waals surface area contributed by atoms with Crippen LogP contribution in [0.5, 0.6) is 11.5 Å². The van der Waals surface area contributed by atoms with Crippen LogP contribution in [0.4, 0.5) is 0 Å². The highest BCUT2D eigenvalue weighted by Crippen LogP contribution is 2.47. The normalized spacial score (nSPS) is 11.0. The van der Waals surface area contributed by atoms with E-state index in [1.54, 1.807) is 24.3 Å². The summed E-state index contributed by atoms with van der Waals surface area (Å²) in [5, 5.41) is 40.5. The quantitative estimate of drug-likeness (QED) is 0.437. The smallest absolute Gasteiger partial charge is 0.152 e. The van der Waals surface area contributed by atoms with Gasteiger partial charge in [-0.15, -0.1) is 0 Å². The first-order valence-corrected chi connectivity index (χ1v) is 9.76. The molecular formula is C24H12N4OS. The topological polar surface area (TPSA) is 104 Å². The Hall–Kier alpha value is -4.23. The summed E-state index contributed by atoms with van der Waals surface area (Å²) in [4.78, 5) is 1.41. The van der Waals surface area contributed by atoms with E-state index in [4.69, 9.17) is 4.74 Å². The van der Waals surface area contributed by atoms with Gasteiger partial charge in [-0.2, -0.15) is 21.0 Å². The van der Waals surface area contributed by atoms with Crippen molar-refractivity contribution in [3.8, 4) is 35.8 Å². The first-order valence-electron chi connectivity index (χ1n) is 8.94. The Kier molecular flexibility index (Phi) is 4.65. The molecule has 1 aliphatic rings. The molecule has 140 valence electrons. The van der Waals surface area contributed by atoms with Gasteiger partial charge in [-0.3, -0.25) is 0 Å². The molecule has 0 unspecified atom stereocenters. The lowest BCUT2D eigenvalue weighted by Gasteiger charge is -2.24. The first-order chi connectivity index (χ1) is 14.5. The van der Waals surface area contributed by atoms with Crippen LogP contribution in [0.2, 0.25) is 0 Å². The second-order valence-corrected chi connectivity index (χ2v) is 7.82. The van der Waals surface area contributed by atoms with Gasteiger partial charge >= 0.3 is 0 Å². The van der Waals surface area contributed by atoms with Crippen LogP contribution in [0, 0.1) is 59.2 Å². The van der Waals surface area contributed by atoms with E-state index < -0.39 is 0 Å². The number of rotatable bonds is 0. The lowest BCUT2D eigenvalue weighted by atomic mass is 9.99. The number of aryl methyl sites for hydroxylation is 2. The number of nitrogens with zero attached hydrogens (tertiary/aromatic N) is 4. The molecule has 3 aromatic carbocycles. The molecule has 3 aromatic rings. The van der Waals surface area contributed by atoms with Crippen LogP contribution in [0.1, 0.15) is 11.1 Å². The Morgan fingerprint density at radius 2 is 1.37 bits per heavy atom. The average Bonchev–Trinajstić information content (AvgIpc) is 2.75. The Morgan fingerprint density at radius 3 is 1.97 bits per heavy atom. The van der Waals surface area contributed by atoms with Gasteiger partial charge in [0.05, 0.1) is 15.0 Å². The molecule has 0 saturated heterocycles. The molecule has 0 N–H and O–H groups in total. The largest absolute Gasteiger partial charge is 0.454 e. The monoisotopic (exact) mass is 404 g/mol. The summed E-state index contributed by atoms with van der Waals surface area (Å²) in [6, 6.07) is 19.0. The third-order valence-electron chi connectivity index (χ3n) is 4.87. The third-order valence-corrected chi connectivity index (χ3v) is 5.99. The van der Waals surface area contributed by atoms with Crippen LogP contribution in [-0.4, -0.2) is 0 Å². The van der Waals surface area contributed by atoms with Crippen molar-refractivity contribution in [2.45, 2.75) is 23.6 Å². The number of fused-ring (bicyclic) bond motifs is 3. The van der Waals surface area contributed by atoms with Crippen molar-refractivity contribution in [2.75, 3.05) is 0 Å².